The van der Waals surface area contributed by atoms with E-state index in [1.54, 1.807) is 0 Å². The van der Waals surface area contributed by atoms with E-state index in [1.165, 1.54) is 14.0 Å². The molecule has 0 aromatic heterocycles. The predicted molar refractivity (Wildman–Crippen MR) is 170 cm³/mol. The third-order valence-electron chi connectivity index (χ3n) is 12.2. The van der Waals surface area contributed by atoms with Gasteiger partial charge in [-0.25, -0.2) is 4.79 Å². The van der Waals surface area contributed by atoms with Crippen molar-refractivity contribution in [3.63, 3.8) is 0 Å². The predicted octanol–water partition coefficient (Wildman–Crippen LogP) is 7.97. The average Bonchev–Trinajstić information content (AvgIpc) is 3.23. The number of fused-ring (bicyclic) bond motifs is 5. The van der Waals surface area contributed by atoms with Crippen molar-refractivity contribution in [1.29, 1.82) is 0 Å². The lowest BCUT2D eigenvalue weighted by Gasteiger charge is -2.63. The van der Waals surface area contributed by atoms with Crippen LogP contribution in [-0.2, 0) is 23.8 Å². The van der Waals surface area contributed by atoms with Gasteiger partial charge in [0.05, 0.1) is 17.5 Å². The molecular weight excluding hydrogens is 667 g/mol. The first kappa shape index (κ1) is 32.1. The minimum Gasteiger partial charge on any atom is -0.469 e. The summed E-state index contributed by atoms with van der Waals surface area (Å²) in [5, 5.41) is 0. The Bertz CT molecular complexity index is 1210. The van der Waals surface area contributed by atoms with Crippen LogP contribution in [0, 0.1) is 44.0 Å². The van der Waals surface area contributed by atoms with Gasteiger partial charge in [0.25, 0.3) is 0 Å². The summed E-state index contributed by atoms with van der Waals surface area (Å²) >= 11 is 9.92. The van der Waals surface area contributed by atoms with Crippen molar-refractivity contribution < 1.29 is 28.6 Å². The Morgan fingerprint density at radius 1 is 1.05 bits per heavy atom. The number of ether oxygens (including phenoxy) is 3. The van der Waals surface area contributed by atoms with E-state index in [0.717, 1.165) is 54.9 Å². The summed E-state index contributed by atoms with van der Waals surface area (Å²) in [6.07, 6.45) is 8.25. The maximum Gasteiger partial charge on any atom is 0.338 e. The summed E-state index contributed by atoms with van der Waals surface area (Å²) < 4.78 is 18.2. The normalized spacial score (nSPS) is 39.7. The largest absolute Gasteiger partial charge is 0.469 e. The number of carbonyl (C=O) groups is 3. The van der Waals surface area contributed by atoms with Crippen LogP contribution in [0.25, 0.3) is 0 Å². The molecule has 0 bridgehead atoms. The zero-order valence-corrected chi connectivity index (χ0v) is 28.5. The molecule has 4 fully saturated rings. The quantitative estimate of drug-likeness (QED) is 0.124. The van der Waals surface area contributed by atoms with Crippen LogP contribution in [0.1, 0.15) is 102 Å². The first-order chi connectivity index (χ1) is 19.8. The number of carbonyl (C=O) groups excluding carboxylic acids is 3. The first-order valence-corrected chi connectivity index (χ1v) is 17.2. The molecule has 0 amide bonds. The molecule has 0 saturated heterocycles. The van der Waals surface area contributed by atoms with E-state index in [4.69, 9.17) is 25.8 Å². The van der Waals surface area contributed by atoms with E-state index in [-0.39, 0.29) is 52.8 Å². The number of halogens is 2. The molecule has 0 radical (unpaired) electrons. The van der Waals surface area contributed by atoms with Crippen molar-refractivity contribution in [3.8, 4) is 0 Å². The summed E-state index contributed by atoms with van der Waals surface area (Å²) in [4.78, 5) is 37.0. The molecule has 0 N–H and O–H groups in total. The van der Waals surface area contributed by atoms with Crippen LogP contribution in [0.4, 0.5) is 0 Å². The maximum absolute atomic E-state index is 13.6. The molecule has 42 heavy (non-hydrogen) atoms. The maximum atomic E-state index is 13.6. The molecule has 0 aliphatic heterocycles. The fourth-order valence-corrected chi connectivity index (χ4v) is 10.9. The topological polar surface area (TPSA) is 78.9 Å². The summed E-state index contributed by atoms with van der Waals surface area (Å²) in [5.74, 6) is 0.747. The van der Waals surface area contributed by atoms with Crippen LogP contribution in [0.15, 0.2) is 24.3 Å². The Morgan fingerprint density at radius 2 is 1.79 bits per heavy atom. The van der Waals surface area contributed by atoms with Gasteiger partial charge in [0, 0.05) is 22.8 Å². The molecule has 0 heterocycles. The lowest BCUT2D eigenvalue weighted by molar-refractivity contribution is -0.181. The molecule has 4 aliphatic rings. The molecule has 4 saturated carbocycles. The van der Waals surface area contributed by atoms with Gasteiger partial charge in [-0.15, -0.1) is 11.6 Å². The first-order valence-electron chi connectivity index (χ1n) is 15.7. The van der Waals surface area contributed by atoms with E-state index in [2.05, 4.69) is 43.4 Å². The van der Waals surface area contributed by atoms with Crippen LogP contribution >= 0.6 is 34.2 Å². The summed E-state index contributed by atoms with van der Waals surface area (Å²) in [7, 11) is 1.44. The summed E-state index contributed by atoms with van der Waals surface area (Å²) in [5.41, 5.74) is 0.555. The van der Waals surface area contributed by atoms with E-state index in [1.807, 2.05) is 24.3 Å². The third-order valence-corrected chi connectivity index (χ3v) is 13.9. The van der Waals surface area contributed by atoms with Crippen LogP contribution in [0.3, 0.4) is 0 Å². The fraction of sp³-hybridized carbons (Fsp3) is 0.735. The highest BCUT2D eigenvalue weighted by atomic mass is 127. The molecule has 4 aliphatic carbocycles. The van der Waals surface area contributed by atoms with Gasteiger partial charge >= 0.3 is 17.9 Å². The van der Waals surface area contributed by atoms with Crippen molar-refractivity contribution in [2.45, 2.75) is 109 Å². The second kappa shape index (κ2) is 12.2. The van der Waals surface area contributed by atoms with Gasteiger partial charge in [-0.1, -0.05) is 26.8 Å². The van der Waals surface area contributed by atoms with E-state index >= 15 is 0 Å². The molecule has 6 nitrogen and oxygen atoms in total. The number of benzene rings is 1. The molecular formula is C34H46ClIO6. The van der Waals surface area contributed by atoms with Crippen molar-refractivity contribution in [2.24, 2.45) is 40.4 Å². The lowest BCUT2D eigenvalue weighted by Crippen LogP contribution is -2.61. The zero-order valence-electron chi connectivity index (χ0n) is 25.6. The number of hydrogen-bond donors (Lipinski definition) is 0. The Labute approximate surface area is 269 Å². The Morgan fingerprint density at radius 3 is 2.48 bits per heavy atom. The van der Waals surface area contributed by atoms with Crippen LogP contribution in [0.2, 0.25) is 0 Å². The van der Waals surface area contributed by atoms with Crippen molar-refractivity contribution in [2.75, 3.05) is 7.11 Å². The van der Waals surface area contributed by atoms with Crippen molar-refractivity contribution in [3.05, 3.63) is 33.4 Å². The van der Waals surface area contributed by atoms with Crippen molar-refractivity contribution >= 4 is 52.1 Å². The number of rotatable bonds is 7. The zero-order chi connectivity index (χ0) is 30.4. The minimum atomic E-state index is -0.425. The summed E-state index contributed by atoms with van der Waals surface area (Å²) in [6, 6.07) is 7.59. The van der Waals surface area contributed by atoms with Gasteiger partial charge in [-0.2, -0.15) is 0 Å². The smallest absolute Gasteiger partial charge is 0.338 e. The molecule has 1 aromatic carbocycles. The third kappa shape index (κ3) is 5.63. The number of esters is 3. The highest BCUT2D eigenvalue weighted by molar-refractivity contribution is 14.1. The average molecular weight is 713 g/mol. The van der Waals surface area contributed by atoms with Crippen LogP contribution in [0.5, 0.6) is 0 Å². The number of alkyl halides is 1. The van der Waals surface area contributed by atoms with Gasteiger partial charge in [0.15, 0.2) is 0 Å². The molecule has 232 valence electrons. The molecule has 8 heteroatoms. The Balaban J connectivity index is 1.46. The van der Waals surface area contributed by atoms with Gasteiger partial charge in [-0.3, -0.25) is 9.59 Å². The lowest BCUT2D eigenvalue weighted by atomic mass is 9.43. The van der Waals surface area contributed by atoms with Gasteiger partial charge in [0.2, 0.25) is 0 Å². The van der Waals surface area contributed by atoms with E-state index < -0.39 is 4.87 Å². The highest BCUT2D eigenvalue weighted by Crippen LogP contribution is 2.71. The van der Waals surface area contributed by atoms with Crippen molar-refractivity contribution in [1.82, 2.24) is 0 Å². The second-order valence-corrected chi connectivity index (χ2v) is 16.0. The van der Waals surface area contributed by atoms with Crippen LogP contribution in [-0.4, -0.2) is 42.1 Å². The standard InChI is InChI=1S/C34H46ClIO6/c1-20(9-10-29(38)40-5)34(35)16-13-27-30-26(12-15-33(27,34)4)32(3)14-11-25(41-21(2)37)18-23(32)19-28(30)42-31(39)22-7-6-8-24(36)17-22/h6-8,17,20,23,25-28,30H,9-16,18-19H2,1-5H3/t20-,23?,25?,26?,27?,28?,30?,32?,33?,34?/m1/s1. The summed E-state index contributed by atoms with van der Waals surface area (Å²) in [6.45, 7) is 8.50. The molecule has 0 spiro atoms. The Kier molecular flexibility index (Phi) is 9.32. The van der Waals surface area contributed by atoms with Gasteiger partial charge in [0.1, 0.15) is 12.2 Å². The highest BCUT2D eigenvalue weighted by Gasteiger charge is 2.68. The van der Waals surface area contributed by atoms with Gasteiger partial charge < -0.3 is 14.2 Å². The molecule has 10 atom stereocenters. The minimum absolute atomic E-state index is 0.0735. The van der Waals surface area contributed by atoms with E-state index in [9.17, 15) is 14.4 Å². The SMILES string of the molecule is COC(=O)CC[C@@H](C)C1(Cl)CCC2C3C(OC(=O)c4cccc(I)c4)CC4CC(OC(C)=O)CCC4(C)C3CCC21C. The molecule has 1 aromatic rings. The monoisotopic (exact) mass is 712 g/mol. The van der Waals surface area contributed by atoms with Crippen LogP contribution < -0.4 is 0 Å². The number of hydrogen-bond acceptors (Lipinski definition) is 6. The second-order valence-electron chi connectivity index (χ2n) is 14.1. The van der Waals surface area contributed by atoms with Gasteiger partial charge in [-0.05, 0) is 133 Å². The fourth-order valence-electron chi connectivity index (χ4n) is 9.94. The van der Waals surface area contributed by atoms with E-state index in [0.29, 0.717) is 36.2 Å². The molecule has 9 unspecified atom stereocenters. The molecule has 5 rings (SSSR count). The Hall–Kier alpha value is -1.35. The number of methoxy groups -OCH3 is 1.